The van der Waals surface area contributed by atoms with Gasteiger partial charge in [0.25, 0.3) is 5.91 Å². The number of benzene rings is 2. The van der Waals surface area contributed by atoms with Gasteiger partial charge in [-0.2, -0.15) is 0 Å². The SMILES string of the molecule is CS(=O)(=O)c1ccc(-c2cccc(NC(=O)c3cccc(Cl)c3)c2)nn1. The average molecular weight is 388 g/mol. The van der Waals surface area contributed by atoms with E-state index in [0.717, 1.165) is 6.26 Å². The third-order valence-electron chi connectivity index (χ3n) is 3.52. The number of anilines is 1. The lowest BCUT2D eigenvalue weighted by molar-refractivity contribution is 0.102. The van der Waals surface area contributed by atoms with Gasteiger partial charge >= 0.3 is 0 Å². The molecular weight excluding hydrogens is 374 g/mol. The molecular formula is C18H14ClN3O3S. The van der Waals surface area contributed by atoms with Gasteiger partial charge < -0.3 is 5.32 Å². The molecule has 0 atom stereocenters. The maximum absolute atomic E-state index is 12.3. The number of nitrogens with one attached hydrogen (secondary N) is 1. The number of hydrogen-bond donors (Lipinski definition) is 1. The van der Waals surface area contributed by atoms with Gasteiger partial charge in [0.15, 0.2) is 14.9 Å². The number of carbonyl (C=O) groups is 1. The number of carbonyl (C=O) groups excluding carboxylic acids is 1. The molecule has 0 saturated carbocycles. The Morgan fingerprint density at radius 2 is 1.77 bits per heavy atom. The van der Waals surface area contributed by atoms with E-state index in [2.05, 4.69) is 15.5 Å². The Balaban J connectivity index is 1.83. The summed E-state index contributed by atoms with van der Waals surface area (Å²) >= 11 is 5.90. The maximum atomic E-state index is 12.3. The number of sulfone groups is 1. The molecule has 0 aliphatic heterocycles. The Bertz CT molecular complexity index is 1070. The first kappa shape index (κ1) is 18.0. The van der Waals surface area contributed by atoms with Crippen LogP contribution in [0.2, 0.25) is 5.02 Å². The molecule has 1 amide bonds. The number of halogens is 1. The van der Waals surface area contributed by atoms with Crippen molar-refractivity contribution in [3.63, 3.8) is 0 Å². The number of amides is 1. The summed E-state index contributed by atoms with van der Waals surface area (Å²) in [5.41, 5.74) is 2.21. The molecule has 1 N–H and O–H groups in total. The van der Waals surface area contributed by atoms with Crippen LogP contribution in [0, 0.1) is 0 Å². The Morgan fingerprint density at radius 1 is 1.00 bits per heavy atom. The zero-order valence-electron chi connectivity index (χ0n) is 13.7. The Morgan fingerprint density at radius 3 is 2.42 bits per heavy atom. The number of aromatic nitrogens is 2. The smallest absolute Gasteiger partial charge is 0.255 e. The van der Waals surface area contributed by atoms with Crippen LogP contribution in [-0.4, -0.2) is 30.8 Å². The highest BCUT2D eigenvalue weighted by Gasteiger charge is 2.11. The lowest BCUT2D eigenvalue weighted by Gasteiger charge is -2.08. The molecule has 0 bridgehead atoms. The van der Waals surface area contributed by atoms with Crippen LogP contribution in [0.4, 0.5) is 5.69 Å². The molecule has 0 saturated heterocycles. The molecule has 0 radical (unpaired) electrons. The highest BCUT2D eigenvalue weighted by Crippen LogP contribution is 2.22. The van der Waals surface area contributed by atoms with Crippen LogP contribution in [0.15, 0.2) is 65.7 Å². The van der Waals surface area contributed by atoms with Crippen molar-refractivity contribution in [2.45, 2.75) is 5.03 Å². The van der Waals surface area contributed by atoms with Crippen molar-refractivity contribution in [1.82, 2.24) is 10.2 Å². The highest BCUT2D eigenvalue weighted by molar-refractivity contribution is 7.90. The zero-order chi connectivity index (χ0) is 18.7. The maximum Gasteiger partial charge on any atom is 0.255 e. The average Bonchev–Trinajstić information content (AvgIpc) is 2.61. The van der Waals surface area contributed by atoms with E-state index in [9.17, 15) is 13.2 Å². The second-order valence-electron chi connectivity index (χ2n) is 5.57. The van der Waals surface area contributed by atoms with E-state index in [1.54, 1.807) is 54.6 Å². The van der Waals surface area contributed by atoms with Crippen LogP contribution in [0.5, 0.6) is 0 Å². The van der Waals surface area contributed by atoms with Crippen molar-refractivity contribution < 1.29 is 13.2 Å². The molecule has 8 heteroatoms. The first-order chi connectivity index (χ1) is 12.3. The van der Waals surface area contributed by atoms with Gasteiger partial charge in [0.2, 0.25) is 0 Å². The lowest BCUT2D eigenvalue weighted by atomic mass is 10.1. The molecule has 2 aromatic carbocycles. The minimum atomic E-state index is -3.40. The summed E-state index contributed by atoms with van der Waals surface area (Å²) in [4.78, 5) is 12.3. The molecule has 1 aromatic heterocycles. The molecule has 132 valence electrons. The molecule has 1 heterocycles. The lowest BCUT2D eigenvalue weighted by Crippen LogP contribution is -2.11. The van der Waals surface area contributed by atoms with Gasteiger partial charge in [0.05, 0.1) is 5.69 Å². The van der Waals surface area contributed by atoms with Crippen LogP contribution in [0.1, 0.15) is 10.4 Å². The normalized spacial score (nSPS) is 11.2. The van der Waals surface area contributed by atoms with E-state index in [-0.39, 0.29) is 10.9 Å². The number of hydrogen-bond acceptors (Lipinski definition) is 5. The molecule has 0 fully saturated rings. The standard InChI is InChI=1S/C18H14ClN3O3S/c1-26(24,25)17-9-8-16(21-22-17)12-4-3-7-15(11-12)20-18(23)13-5-2-6-14(19)10-13/h2-11H,1H3,(H,20,23). The monoisotopic (exact) mass is 387 g/mol. The first-order valence-electron chi connectivity index (χ1n) is 7.54. The summed E-state index contributed by atoms with van der Waals surface area (Å²) in [6, 6.07) is 16.6. The summed E-state index contributed by atoms with van der Waals surface area (Å²) in [7, 11) is -3.40. The second kappa shape index (κ2) is 7.23. The van der Waals surface area contributed by atoms with Gasteiger partial charge in [0, 0.05) is 28.1 Å². The van der Waals surface area contributed by atoms with Crippen molar-refractivity contribution in [1.29, 1.82) is 0 Å². The van der Waals surface area contributed by atoms with Crippen molar-refractivity contribution in [3.8, 4) is 11.3 Å². The van der Waals surface area contributed by atoms with Crippen molar-refractivity contribution in [2.75, 3.05) is 11.6 Å². The minimum Gasteiger partial charge on any atom is -0.322 e. The van der Waals surface area contributed by atoms with Crippen molar-refractivity contribution in [2.24, 2.45) is 0 Å². The highest BCUT2D eigenvalue weighted by atomic mass is 35.5. The van der Waals surface area contributed by atoms with Crippen LogP contribution in [0.25, 0.3) is 11.3 Å². The topological polar surface area (TPSA) is 89.0 Å². The van der Waals surface area contributed by atoms with E-state index in [4.69, 9.17) is 11.6 Å². The van der Waals surface area contributed by atoms with Crippen LogP contribution < -0.4 is 5.32 Å². The van der Waals surface area contributed by atoms with E-state index in [1.165, 1.54) is 6.07 Å². The molecule has 6 nitrogen and oxygen atoms in total. The van der Waals surface area contributed by atoms with E-state index < -0.39 is 9.84 Å². The predicted molar refractivity (Wildman–Crippen MR) is 100.0 cm³/mol. The largest absolute Gasteiger partial charge is 0.322 e. The quantitative estimate of drug-likeness (QED) is 0.740. The first-order valence-corrected chi connectivity index (χ1v) is 9.81. The third kappa shape index (κ3) is 4.25. The summed E-state index contributed by atoms with van der Waals surface area (Å²) in [5.74, 6) is -0.289. The Hall–Kier alpha value is -2.77. The van der Waals surface area contributed by atoms with Crippen LogP contribution >= 0.6 is 11.6 Å². The number of nitrogens with zero attached hydrogens (tertiary/aromatic N) is 2. The van der Waals surface area contributed by atoms with Gasteiger partial charge in [-0.3, -0.25) is 4.79 Å². The minimum absolute atomic E-state index is 0.0911. The summed E-state index contributed by atoms with van der Waals surface area (Å²) < 4.78 is 22.9. The van der Waals surface area contributed by atoms with E-state index >= 15 is 0 Å². The van der Waals surface area contributed by atoms with Crippen LogP contribution in [-0.2, 0) is 9.84 Å². The van der Waals surface area contributed by atoms with Gasteiger partial charge in [-0.1, -0.05) is 29.8 Å². The van der Waals surface area contributed by atoms with Crippen molar-refractivity contribution in [3.05, 3.63) is 71.2 Å². The molecule has 0 aliphatic carbocycles. The fraction of sp³-hybridized carbons (Fsp3) is 0.0556. The predicted octanol–water partition coefficient (Wildman–Crippen LogP) is 3.45. The molecule has 0 unspecified atom stereocenters. The second-order valence-corrected chi connectivity index (χ2v) is 7.97. The third-order valence-corrected chi connectivity index (χ3v) is 4.74. The Kier molecular flexibility index (Phi) is 5.01. The molecule has 0 aliphatic rings. The molecule has 3 rings (SSSR count). The van der Waals surface area contributed by atoms with Gasteiger partial charge in [-0.15, -0.1) is 10.2 Å². The summed E-state index contributed by atoms with van der Waals surface area (Å²) in [6.07, 6.45) is 1.07. The zero-order valence-corrected chi connectivity index (χ0v) is 15.3. The van der Waals surface area contributed by atoms with E-state index in [1.807, 2.05) is 0 Å². The van der Waals surface area contributed by atoms with E-state index in [0.29, 0.717) is 27.5 Å². The number of rotatable bonds is 4. The van der Waals surface area contributed by atoms with Gasteiger partial charge in [-0.05, 0) is 42.5 Å². The van der Waals surface area contributed by atoms with Crippen LogP contribution in [0.3, 0.4) is 0 Å². The fourth-order valence-corrected chi connectivity index (χ4v) is 2.96. The van der Waals surface area contributed by atoms with Crippen molar-refractivity contribution >= 4 is 33.0 Å². The Labute approximate surface area is 155 Å². The molecule has 26 heavy (non-hydrogen) atoms. The molecule has 0 spiro atoms. The van der Waals surface area contributed by atoms with Gasteiger partial charge in [0.1, 0.15) is 0 Å². The fourth-order valence-electron chi connectivity index (χ4n) is 2.26. The molecule has 3 aromatic rings. The van der Waals surface area contributed by atoms with Gasteiger partial charge in [-0.25, -0.2) is 8.42 Å². The summed E-state index contributed by atoms with van der Waals surface area (Å²) in [6.45, 7) is 0. The summed E-state index contributed by atoms with van der Waals surface area (Å²) in [5, 5.41) is 10.9.